The maximum Gasteiger partial charge on any atom is 0.238 e. The van der Waals surface area contributed by atoms with Gasteiger partial charge in [-0.1, -0.05) is 0 Å². The van der Waals surface area contributed by atoms with E-state index in [9.17, 15) is 14.0 Å². The normalized spacial score (nSPS) is 20.9. The van der Waals surface area contributed by atoms with Crippen LogP contribution in [0.2, 0.25) is 0 Å². The van der Waals surface area contributed by atoms with Crippen LogP contribution in [0.15, 0.2) is 24.3 Å². The number of likely N-dealkylation sites (tertiary alicyclic amines) is 1. The van der Waals surface area contributed by atoms with Gasteiger partial charge in [-0.3, -0.25) is 9.59 Å². The summed E-state index contributed by atoms with van der Waals surface area (Å²) >= 11 is 1.67. The van der Waals surface area contributed by atoms with Gasteiger partial charge in [-0.2, -0.15) is 0 Å². The zero-order valence-electron chi connectivity index (χ0n) is 13.4. The molecule has 1 aliphatic carbocycles. The van der Waals surface area contributed by atoms with E-state index in [0.29, 0.717) is 31.5 Å². The van der Waals surface area contributed by atoms with Crippen LogP contribution in [0.25, 0.3) is 0 Å². The van der Waals surface area contributed by atoms with Crippen LogP contribution in [0.1, 0.15) is 42.5 Å². The first-order valence-electron chi connectivity index (χ1n) is 8.20. The Labute approximate surface area is 140 Å². The van der Waals surface area contributed by atoms with Gasteiger partial charge < -0.3 is 4.90 Å². The maximum atomic E-state index is 13.0. The molecule has 0 aromatic heterocycles. The van der Waals surface area contributed by atoms with Crippen molar-refractivity contribution in [2.45, 2.75) is 36.9 Å². The third-order valence-corrected chi connectivity index (χ3v) is 6.59. The predicted octanol–water partition coefficient (Wildman–Crippen LogP) is 3.53. The molecule has 0 bridgehead atoms. The van der Waals surface area contributed by atoms with Crippen LogP contribution in [0.4, 0.5) is 4.39 Å². The van der Waals surface area contributed by atoms with Gasteiger partial charge in [0.2, 0.25) is 5.91 Å². The van der Waals surface area contributed by atoms with E-state index in [4.69, 9.17) is 0 Å². The first kappa shape index (κ1) is 16.5. The lowest BCUT2D eigenvalue weighted by Crippen LogP contribution is -2.53. The number of ketones is 1. The summed E-state index contributed by atoms with van der Waals surface area (Å²) in [6, 6.07) is 5.74. The molecule has 5 heteroatoms. The van der Waals surface area contributed by atoms with Gasteiger partial charge >= 0.3 is 0 Å². The maximum absolute atomic E-state index is 13.0. The minimum absolute atomic E-state index is 0.0591. The van der Waals surface area contributed by atoms with Crippen molar-refractivity contribution in [2.75, 3.05) is 19.3 Å². The lowest BCUT2D eigenvalue weighted by atomic mass is 9.82. The molecule has 0 unspecified atom stereocenters. The van der Waals surface area contributed by atoms with E-state index in [1.165, 1.54) is 12.1 Å². The molecule has 3 rings (SSSR count). The lowest BCUT2D eigenvalue weighted by Gasteiger charge is -2.44. The highest BCUT2D eigenvalue weighted by Gasteiger charge is 2.46. The lowest BCUT2D eigenvalue weighted by molar-refractivity contribution is -0.137. The van der Waals surface area contributed by atoms with Crippen LogP contribution in [0, 0.1) is 11.7 Å². The summed E-state index contributed by atoms with van der Waals surface area (Å²) in [6.07, 6.45) is 6.50. The molecule has 0 N–H and O–H groups in total. The Morgan fingerprint density at radius 2 is 1.78 bits per heavy atom. The van der Waals surface area contributed by atoms with Gasteiger partial charge in [-0.15, -0.1) is 11.8 Å². The average molecular weight is 335 g/mol. The van der Waals surface area contributed by atoms with E-state index in [1.54, 1.807) is 23.9 Å². The van der Waals surface area contributed by atoms with Crippen LogP contribution >= 0.6 is 11.8 Å². The van der Waals surface area contributed by atoms with E-state index in [-0.39, 0.29) is 28.2 Å². The summed E-state index contributed by atoms with van der Waals surface area (Å²) in [5, 5.41) is 0. The fourth-order valence-corrected chi connectivity index (χ4v) is 4.49. The van der Waals surface area contributed by atoms with Crippen molar-refractivity contribution in [3.05, 3.63) is 35.6 Å². The van der Waals surface area contributed by atoms with Crippen molar-refractivity contribution in [1.82, 2.24) is 4.90 Å². The van der Waals surface area contributed by atoms with E-state index in [2.05, 4.69) is 0 Å². The summed E-state index contributed by atoms with van der Waals surface area (Å²) < 4.78 is 12.8. The summed E-state index contributed by atoms with van der Waals surface area (Å²) in [7, 11) is 0. The van der Waals surface area contributed by atoms with Crippen LogP contribution in [-0.2, 0) is 4.79 Å². The van der Waals surface area contributed by atoms with E-state index in [1.807, 2.05) is 11.2 Å². The molecule has 1 saturated carbocycles. The van der Waals surface area contributed by atoms with Crippen LogP contribution in [0.3, 0.4) is 0 Å². The van der Waals surface area contributed by atoms with E-state index < -0.39 is 0 Å². The zero-order valence-corrected chi connectivity index (χ0v) is 14.2. The number of rotatable bonds is 4. The minimum atomic E-state index is -0.329. The van der Waals surface area contributed by atoms with Crippen LogP contribution in [-0.4, -0.2) is 40.7 Å². The molecule has 2 aliphatic rings. The third-order valence-electron chi connectivity index (χ3n) is 5.22. The van der Waals surface area contributed by atoms with Crippen molar-refractivity contribution < 1.29 is 14.0 Å². The molecule has 0 atom stereocenters. The van der Waals surface area contributed by atoms with Gasteiger partial charge in [0.15, 0.2) is 5.78 Å². The topological polar surface area (TPSA) is 37.4 Å². The summed E-state index contributed by atoms with van der Waals surface area (Å²) in [5.74, 6) is -0.0646. The van der Waals surface area contributed by atoms with Gasteiger partial charge in [0.25, 0.3) is 0 Å². The van der Waals surface area contributed by atoms with Gasteiger partial charge in [0.05, 0.1) is 4.75 Å². The quantitative estimate of drug-likeness (QED) is 0.790. The Balaban J connectivity index is 1.59. The number of nitrogens with zero attached hydrogens (tertiary/aromatic N) is 1. The number of thioether (sulfide) groups is 1. The van der Waals surface area contributed by atoms with Crippen LogP contribution in [0.5, 0.6) is 0 Å². The molecule has 1 aromatic rings. The predicted molar refractivity (Wildman–Crippen MR) is 90.1 cm³/mol. The largest absolute Gasteiger partial charge is 0.341 e. The fourth-order valence-electron chi connectivity index (χ4n) is 3.49. The van der Waals surface area contributed by atoms with Crippen LogP contribution < -0.4 is 0 Å². The summed E-state index contributed by atoms with van der Waals surface area (Å²) in [4.78, 5) is 27.1. The molecule has 2 fully saturated rings. The Kier molecular flexibility index (Phi) is 4.76. The Bertz CT molecular complexity index is 584. The van der Waals surface area contributed by atoms with E-state index >= 15 is 0 Å². The number of carbonyl (C=O) groups is 2. The van der Waals surface area contributed by atoms with Gasteiger partial charge in [-0.25, -0.2) is 4.39 Å². The second-order valence-electron chi connectivity index (χ2n) is 6.49. The summed E-state index contributed by atoms with van der Waals surface area (Å²) in [5.41, 5.74) is 0.566. The molecular weight excluding hydrogens is 313 g/mol. The molecule has 124 valence electrons. The molecule has 1 saturated heterocycles. The fraction of sp³-hybridized carbons (Fsp3) is 0.556. The number of Topliss-reactive ketones (excluding diaryl/α,β-unsaturated/α-hetero) is 1. The number of carbonyl (C=O) groups excluding carboxylic acids is 2. The highest BCUT2D eigenvalue weighted by molar-refractivity contribution is 8.00. The number of hydrogen-bond donors (Lipinski definition) is 0. The SMILES string of the molecule is CSC1(C(=O)N2CCC(C(=O)c3ccc(F)cc3)CC2)CCC1. The van der Waals surface area contributed by atoms with Crippen molar-refractivity contribution in [3.63, 3.8) is 0 Å². The molecule has 1 aliphatic heterocycles. The Hall–Kier alpha value is -1.36. The van der Waals surface area contributed by atoms with Gasteiger partial charge in [0.1, 0.15) is 5.82 Å². The second kappa shape index (κ2) is 6.63. The Morgan fingerprint density at radius 3 is 2.26 bits per heavy atom. The molecule has 1 amide bonds. The zero-order chi connectivity index (χ0) is 16.4. The number of piperidine rings is 1. The van der Waals surface area contributed by atoms with Crippen molar-refractivity contribution >= 4 is 23.5 Å². The first-order valence-corrected chi connectivity index (χ1v) is 9.42. The van der Waals surface area contributed by atoms with Crippen molar-refractivity contribution in [2.24, 2.45) is 5.92 Å². The average Bonchev–Trinajstić information content (AvgIpc) is 2.54. The molecule has 1 aromatic carbocycles. The standard InChI is InChI=1S/C18H22FNO2S/c1-23-18(9-2-10-18)17(22)20-11-7-14(8-12-20)16(21)13-3-5-15(19)6-4-13/h3-6,14H,2,7-12H2,1H3. The molecular formula is C18H22FNO2S. The third kappa shape index (κ3) is 3.16. The molecule has 0 radical (unpaired) electrons. The number of hydrogen-bond acceptors (Lipinski definition) is 3. The smallest absolute Gasteiger partial charge is 0.238 e. The summed E-state index contributed by atoms with van der Waals surface area (Å²) in [6.45, 7) is 1.30. The van der Waals surface area contributed by atoms with Gasteiger partial charge in [-0.05, 0) is 62.6 Å². The highest BCUT2D eigenvalue weighted by atomic mass is 32.2. The monoisotopic (exact) mass is 335 g/mol. The van der Waals surface area contributed by atoms with Crippen molar-refractivity contribution in [3.8, 4) is 0 Å². The van der Waals surface area contributed by atoms with E-state index in [0.717, 1.165) is 19.3 Å². The Morgan fingerprint density at radius 1 is 1.17 bits per heavy atom. The van der Waals surface area contributed by atoms with Gasteiger partial charge in [0, 0.05) is 24.6 Å². The molecule has 23 heavy (non-hydrogen) atoms. The number of benzene rings is 1. The number of halogens is 1. The molecule has 0 spiro atoms. The minimum Gasteiger partial charge on any atom is -0.341 e. The first-order chi connectivity index (χ1) is 11.1. The number of amides is 1. The second-order valence-corrected chi connectivity index (χ2v) is 7.68. The molecule has 3 nitrogen and oxygen atoms in total. The highest BCUT2D eigenvalue weighted by Crippen LogP contribution is 2.44. The molecule has 1 heterocycles. The van der Waals surface area contributed by atoms with Crippen molar-refractivity contribution in [1.29, 1.82) is 0 Å².